The normalized spacial score (nSPS) is 10.5. The number of hydrogen-bond acceptors (Lipinski definition) is 5. The highest BCUT2D eigenvalue weighted by Gasteiger charge is 2.13. The number of anilines is 2. The first-order valence-corrected chi connectivity index (χ1v) is 12.2. The van der Waals surface area contributed by atoms with Crippen LogP contribution in [0.15, 0.2) is 94.5 Å². The van der Waals surface area contributed by atoms with Gasteiger partial charge in [0.05, 0.1) is 18.4 Å². The highest BCUT2D eigenvalue weighted by Crippen LogP contribution is 2.28. The third-order valence-corrected chi connectivity index (χ3v) is 6.74. The second-order valence-electron chi connectivity index (χ2n) is 7.10. The fraction of sp³-hybridized carbons (Fsp3) is 0.0769. The molecule has 166 valence electrons. The molecular weight excluding hydrogens is 452 g/mol. The van der Waals surface area contributed by atoms with Crippen molar-refractivity contribution in [2.24, 2.45) is 0 Å². The van der Waals surface area contributed by atoms with E-state index in [1.807, 2.05) is 36.4 Å². The number of para-hydroxylation sites is 2. The monoisotopic (exact) mass is 474 g/mol. The van der Waals surface area contributed by atoms with Crippen molar-refractivity contribution in [3.63, 3.8) is 0 Å². The van der Waals surface area contributed by atoms with E-state index in [0.29, 0.717) is 28.3 Å². The number of nitrogens with one attached hydrogen (secondary N) is 2. The molecule has 0 radical (unpaired) electrons. The van der Waals surface area contributed by atoms with E-state index in [9.17, 15) is 9.59 Å². The van der Waals surface area contributed by atoms with E-state index in [2.05, 4.69) is 27.5 Å². The molecule has 0 aliphatic heterocycles. The summed E-state index contributed by atoms with van der Waals surface area (Å²) in [5.41, 5.74) is 3.55. The van der Waals surface area contributed by atoms with Crippen LogP contribution in [0.3, 0.4) is 0 Å². The molecule has 1 heterocycles. The van der Waals surface area contributed by atoms with Crippen LogP contribution < -0.4 is 15.4 Å². The zero-order valence-electron chi connectivity index (χ0n) is 17.9. The Balaban J connectivity index is 1.41. The molecule has 0 bridgehead atoms. The summed E-state index contributed by atoms with van der Waals surface area (Å²) in [5.74, 6) is 0.955. The number of amides is 2. The van der Waals surface area contributed by atoms with Crippen LogP contribution in [-0.4, -0.2) is 18.9 Å². The van der Waals surface area contributed by atoms with Gasteiger partial charge < -0.3 is 15.4 Å². The van der Waals surface area contributed by atoms with E-state index in [-0.39, 0.29) is 11.8 Å². The lowest BCUT2D eigenvalue weighted by Crippen LogP contribution is -2.14. The van der Waals surface area contributed by atoms with Crippen LogP contribution >= 0.6 is 23.1 Å². The Hall–Kier alpha value is -3.55. The molecule has 1 aromatic heterocycles. The van der Waals surface area contributed by atoms with Gasteiger partial charge in [-0.3, -0.25) is 9.59 Å². The molecule has 0 saturated carbocycles. The van der Waals surface area contributed by atoms with Gasteiger partial charge in [-0.25, -0.2) is 0 Å². The predicted molar refractivity (Wildman–Crippen MR) is 136 cm³/mol. The Labute approximate surface area is 200 Å². The van der Waals surface area contributed by atoms with Gasteiger partial charge in [-0.2, -0.15) is 11.3 Å². The van der Waals surface area contributed by atoms with Gasteiger partial charge in [0.1, 0.15) is 5.75 Å². The van der Waals surface area contributed by atoms with Crippen molar-refractivity contribution in [3.8, 4) is 5.75 Å². The predicted octanol–water partition coefficient (Wildman–Crippen LogP) is 6.55. The molecule has 0 aliphatic rings. The van der Waals surface area contributed by atoms with Gasteiger partial charge in [-0.05, 0) is 70.9 Å². The van der Waals surface area contributed by atoms with E-state index < -0.39 is 0 Å². The minimum Gasteiger partial charge on any atom is -0.495 e. The number of carbonyl (C=O) groups is 2. The zero-order chi connectivity index (χ0) is 23.0. The Morgan fingerprint density at radius 3 is 2.39 bits per heavy atom. The van der Waals surface area contributed by atoms with Crippen molar-refractivity contribution in [3.05, 3.63) is 106 Å². The zero-order valence-corrected chi connectivity index (χ0v) is 19.5. The lowest BCUT2D eigenvalue weighted by Gasteiger charge is -2.11. The molecule has 7 heteroatoms. The van der Waals surface area contributed by atoms with Gasteiger partial charge in [0.25, 0.3) is 11.8 Å². The quantitative estimate of drug-likeness (QED) is 0.284. The number of ether oxygens (including phenoxy) is 1. The first-order valence-electron chi connectivity index (χ1n) is 10.2. The molecule has 0 aliphatic carbocycles. The molecule has 0 spiro atoms. The summed E-state index contributed by atoms with van der Waals surface area (Å²) in [6.07, 6.45) is 0. The standard InChI is InChI=1S/C26H22N2O3S2/c1-31-23-8-4-3-7-22(23)28-25(29)19-10-12-20(13-11-19)27-26(30)21-6-2-5-9-24(21)33-17-18-14-15-32-16-18/h2-16H,17H2,1H3,(H,27,30)(H,28,29). The third kappa shape index (κ3) is 5.83. The fourth-order valence-electron chi connectivity index (χ4n) is 3.16. The summed E-state index contributed by atoms with van der Waals surface area (Å²) in [6.45, 7) is 0. The minimum atomic E-state index is -0.257. The smallest absolute Gasteiger partial charge is 0.256 e. The molecule has 2 N–H and O–H groups in total. The number of thiophene rings is 1. The second-order valence-corrected chi connectivity index (χ2v) is 8.90. The molecule has 33 heavy (non-hydrogen) atoms. The highest BCUT2D eigenvalue weighted by atomic mass is 32.2. The number of rotatable bonds is 8. The first kappa shape index (κ1) is 22.6. The largest absolute Gasteiger partial charge is 0.495 e. The maximum atomic E-state index is 12.9. The van der Waals surface area contributed by atoms with Crippen molar-refractivity contribution in [2.45, 2.75) is 10.6 Å². The topological polar surface area (TPSA) is 67.4 Å². The second kappa shape index (κ2) is 10.8. The average Bonchev–Trinajstić information content (AvgIpc) is 3.37. The van der Waals surface area contributed by atoms with Crippen LogP contribution in [0.5, 0.6) is 5.75 Å². The van der Waals surface area contributed by atoms with Crippen molar-refractivity contribution in [2.75, 3.05) is 17.7 Å². The lowest BCUT2D eigenvalue weighted by atomic mass is 10.1. The third-order valence-electron chi connectivity index (χ3n) is 4.87. The number of benzene rings is 3. The van der Waals surface area contributed by atoms with Crippen LogP contribution in [0.25, 0.3) is 0 Å². The van der Waals surface area contributed by atoms with Gasteiger partial charge in [0, 0.05) is 21.9 Å². The van der Waals surface area contributed by atoms with E-state index in [4.69, 9.17) is 4.74 Å². The molecule has 4 rings (SSSR count). The van der Waals surface area contributed by atoms with E-state index in [1.54, 1.807) is 66.6 Å². The number of methoxy groups -OCH3 is 1. The van der Waals surface area contributed by atoms with Crippen LogP contribution in [0.4, 0.5) is 11.4 Å². The molecule has 4 aromatic rings. The Morgan fingerprint density at radius 1 is 0.879 bits per heavy atom. The Kier molecular flexibility index (Phi) is 7.44. The molecule has 0 unspecified atom stereocenters. The van der Waals surface area contributed by atoms with Crippen molar-refractivity contribution in [1.82, 2.24) is 0 Å². The van der Waals surface area contributed by atoms with Crippen LogP contribution in [-0.2, 0) is 5.75 Å². The van der Waals surface area contributed by atoms with Gasteiger partial charge in [0.15, 0.2) is 0 Å². The van der Waals surface area contributed by atoms with Crippen molar-refractivity contribution < 1.29 is 14.3 Å². The van der Waals surface area contributed by atoms with Crippen molar-refractivity contribution >= 4 is 46.3 Å². The van der Waals surface area contributed by atoms with Crippen LogP contribution in [0.2, 0.25) is 0 Å². The van der Waals surface area contributed by atoms with Crippen LogP contribution in [0, 0.1) is 0 Å². The SMILES string of the molecule is COc1ccccc1NC(=O)c1ccc(NC(=O)c2ccccc2SCc2ccsc2)cc1. The van der Waals surface area contributed by atoms with Crippen molar-refractivity contribution in [1.29, 1.82) is 0 Å². The Bertz CT molecular complexity index is 1240. The summed E-state index contributed by atoms with van der Waals surface area (Å²) in [6, 6.07) is 23.7. The highest BCUT2D eigenvalue weighted by molar-refractivity contribution is 7.98. The molecule has 0 fully saturated rings. The van der Waals surface area contributed by atoms with Gasteiger partial charge in [0.2, 0.25) is 0 Å². The van der Waals surface area contributed by atoms with Crippen LogP contribution in [0.1, 0.15) is 26.3 Å². The summed E-state index contributed by atoms with van der Waals surface area (Å²) in [5, 5.41) is 9.93. The fourth-order valence-corrected chi connectivity index (χ4v) is 4.93. The molecule has 0 saturated heterocycles. The molecule has 2 amide bonds. The van der Waals surface area contributed by atoms with E-state index >= 15 is 0 Å². The number of carbonyl (C=O) groups excluding carboxylic acids is 2. The van der Waals surface area contributed by atoms with Gasteiger partial charge in [-0.15, -0.1) is 11.8 Å². The summed E-state index contributed by atoms with van der Waals surface area (Å²) < 4.78 is 5.27. The summed E-state index contributed by atoms with van der Waals surface area (Å²) in [7, 11) is 1.56. The molecule has 5 nitrogen and oxygen atoms in total. The minimum absolute atomic E-state index is 0.186. The number of hydrogen-bond donors (Lipinski definition) is 2. The molecular formula is C26H22N2O3S2. The first-order chi connectivity index (χ1) is 16.1. The maximum Gasteiger partial charge on any atom is 0.256 e. The molecule has 0 atom stereocenters. The van der Waals surface area contributed by atoms with E-state index in [0.717, 1.165) is 10.6 Å². The average molecular weight is 475 g/mol. The summed E-state index contributed by atoms with van der Waals surface area (Å²) >= 11 is 3.30. The van der Waals surface area contributed by atoms with Gasteiger partial charge >= 0.3 is 0 Å². The van der Waals surface area contributed by atoms with Gasteiger partial charge in [-0.1, -0.05) is 24.3 Å². The van der Waals surface area contributed by atoms with E-state index in [1.165, 1.54) is 5.56 Å². The lowest BCUT2D eigenvalue weighted by molar-refractivity contribution is 0.101. The maximum absolute atomic E-state index is 12.9. The Morgan fingerprint density at radius 2 is 1.64 bits per heavy atom. The molecule has 3 aromatic carbocycles. The summed E-state index contributed by atoms with van der Waals surface area (Å²) in [4.78, 5) is 26.4. The number of thioether (sulfide) groups is 1.